The third-order valence-corrected chi connectivity index (χ3v) is 4.81. The highest BCUT2D eigenvalue weighted by atomic mass is 32.1. The molecule has 4 rings (SSSR count). The first-order valence-electron chi connectivity index (χ1n) is 7.53. The van der Waals surface area contributed by atoms with E-state index in [9.17, 15) is 5.26 Å². The first-order chi connectivity index (χ1) is 11.3. The van der Waals surface area contributed by atoms with Crippen LogP contribution < -0.4 is 4.90 Å². The largest absolute Gasteiger partial charge is 0.370 e. The Morgan fingerprint density at radius 3 is 3.04 bits per heavy atom. The summed E-state index contributed by atoms with van der Waals surface area (Å²) in [6, 6.07) is 14.2. The van der Waals surface area contributed by atoms with Gasteiger partial charge in [-0.05, 0) is 34.5 Å². The van der Waals surface area contributed by atoms with Crippen LogP contribution in [0, 0.1) is 11.3 Å². The quantitative estimate of drug-likeness (QED) is 0.721. The van der Waals surface area contributed by atoms with Crippen LogP contribution in [0.4, 0.5) is 5.82 Å². The van der Waals surface area contributed by atoms with E-state index in [2.05, 4.69) is 27.8 Å². The number of nitriles is 1. The molecule has 5 heteroatoms. The van der Waals surface area contributed by atoms with Gasteiger partial charge < -0.3 is 9.64 Å². The second-order valence-electron chi connectivity index (χ2n) is 5.53. The van der Waals surface area contributed by atoms with E-state index in [1.807, 2.05) is 30.3 Å². The number of pyridine rings is 1. The van der Waals surface area contributed by atoms with Gasteiger partial charge >= 0.3 is 0 Å². The molecular formula is C18H15N3OS. The summed E-state index contributed by atoms with van der Waals surface area (Å²) in [6.45, 7) is 2.11. The van der Waals surface area contributed by atoms with Crippen LogP contribution in [0.2, 0.25) is 0 Å². The maximum Gasteiger partial charge on any atom is 0.147 e. The van der Waals surface area contributed by atoms with Crippen LogP contribution in [-0.4, -0.2) is 24.7 Å². The van der Waals surface area contributed by atoms with Gasteiger partial charge in [-0.2, -0.15) is 16.6 Å². The summed E-state index contributed by atoms with van der Waals surface area (Å²) >= 11 is 1.67. The Labute approximate surface area is 138 Å². The van der Waals surface area contributed by atoms with Gasteiger partial charge in [0.05, 0.1) is 17.7 Å². The van der Waals surface area contributed by atoms with Crippen molar-refractivity contribution in [3.05, 3.63) is 58.3 Å². The second kappa shape index (κ2) is 5.99. The van der Waals surface area contributed by atoms with Gasteiger partial charge in [0.1, 0.15) is 18.0 Å². The molecule has 1 aromatic carbocycles. The molecule has 2 aromatic heterocycles. The zero-order valence-corrected chi connectivity index (χ0v) is 13.3. The van der Waals surface area contributed by atoms with Crippen molar-refractivity contribution < 1.29 is 4.74 Å². The normalized spacial score (nSPS) is 18.0. The first-order valence-corrected chi connectivity index (χ1v) is 8.48. The predicted molar refractivity (Wildman–Crippen MR) is 91.7 cm³/mol. The number of hydrogen-bond acceptors (Lipinski definition) is 5. The van der Waals surface area contributed by atoms with Gasteiger partial charge in [0, 0.05) is 18.5 Å². The van der Waals surface area contributed by atoms with Gasteiger partial charge in [-0.3, -0.25) is 0 Å². The standard InChI is InChI=1S/C18H15N3OS/c19-10-15-9-13-3-1-2-4-16(13)20-18(15)21-6-7-22-17(11-21)14-5-8-23-12-14/h1-5,8-9,12,17H,6-7,11H2/t17-/m1/s1. The zero-order chi connectivity index (χ0) is 15.6. The smallest absolute Gasteiger partial charge is 0.147 e. The number of benzene rings is 1. The Hall–Kier alpha value is -2.42. The average Bonchev–Trinajstić information content (AvgIpc) is 3.15. The molecule has 0 amide bonds. The Bertz CT molecular complexity index is 870. The van der Waals surface area contributed by atoms with Crippen molar-refractivity contribution in [1.29, 1.82) is 5.26 Å². The van der Waals surface area contributed by atoms with Gasteiger partial charge in [0.25, 0.3) is 0 Å². The number of fused-ring (bicyclic) bond motifs is 1. The summed E-state index contributed by atoms with van der Waals surface area (Å²) in [6.07, 6.45) is 0.0369. The van der Waals surface area contributed by atoms with Gasteiger partial charge in [-0.25, -0.2) is 4.98 Å². The molecule has 3 aromatic rings. The number of hydrogen-bond donors (Lipinski definition) is 0. The summed E-state index contributed by atoms with van der Waals surface area (Å²) in [7, 11) is 0. The van der Waals surface area contributed by atoms with Crippen LogP contribution in [0.3, 0.4) is 0 Å². The van der Waals surface area contributed by atoms with Crippen LogP contribution >= 0.6 is 11.3 Å². The summed E-state index contributed by atoms with van der Waals surface area (Å²) in [5.74, 6) is 0.759. The lowest BCUT2D eigenvalue weighted by Gasteiger charge is -2.34. The number of rotatable bonds is 2. The molecule has 1 atom stereocenters. The monoisotopic (exact) mass is 321 g/mol. The summed E-state index contributed by atoms with van der Waals surface area (Å²) in [5.41, 5.74) is 2.73. The third-order valence-electron chi connectivity index (χ3n) is 4.11. The minimum atomic E-state index is 0.0369. The summed E-state index contributed by atoms with van der Waals surface area (Å²) in [5, 5.41) is 14.7. The highest BCUT2D eigenvalue weighted by molar-refractivity contribution is 7.07. The van der Waals surface area contributed by atoms with Crippen molar-refractivity contribution in [2.24, 2.45) is 0 Å². The van der Waals surface area contributed by atoms with Gasteiger partial charge in [-0.15, -0.1) is 0 Å². The van der Waals surface area contributed by atoms with E-state index in [0.717, 1.165) is 29.8 Å². The Balaban J connectivity index is 1.71. The molecule has 0 unspecified atom stereocenters. The molecule has 1 saturated heterocycles. The minimum absolute atomic E-state index is 0.0369. The molecule has 23 heavy (non-hydrogen) atoms. The molecule has 114 valence electrons. The fourth-order valence-corrected chi connectivity index (χ4v) is 3.63. The van der Waals surface area contributed by atoms with Gasteiger partial charge in [-0.1, -0.05) is 18.2 Å². The van der Waals surface area contributed by atoms with E-state index < -0.39 is 0 Å². The number of para-hydroxylation sites is 1. The molecule has 0 bridgehead atoms. The second-order valence-corrected chi connectivity index (χ2v) is 6.31. The fourth-order valence-electron chi connectivity index (χ4n) is 2.93. The van der Waals surface area contributed by atoms with Crippen LogP contribution in [0.15, 0.2) is 47.2 Å². The maximum absolute atomic E-state index is 9.51. The number of ether oxygens (including phenoxy) is 1. The Morgan fingerprint density at radius 1 is 1.30 bits per heavy atom. The lowest BCUT2D eigenvalue weighted by Crippen LogP contribution is -2.39. The Kier molecular flexibility index (Phi) is 3.70. The van der Waals surface area contributed by atoms with Crippen LogP contribution in [-0.2, 0) is 4.74 Å². The van der Waals surface area contributed by atoms with E-state index in [1.165, 1.54) is 5.56 Å². The Morgan fingerprint density at radius 2 is 2.22 bits per heavy atom. The number of aromatic nitrogens is 1. The van der Waals surface area contributed by atoms with E-state index in [1.54, 1.807) is 11.3 Å². The minimum Gasteiger partial charge on any atom is -0.370 e. The topological polar surface area (TPSA) is 49.2 Å². The van der Waals surface area contributed by atoms with Gasteiger partial charge in [0.15, 0.2) is 0 Å². The summed E-state index contributed by atoms with van der Waals surface area (Å²) in [4.78, 5) is 6.90. The van der Waals surface area contributed by atoms with E-state index >= 15 is 0 Å². The molecule has 3 heterocycles. The lowest BCUT2D eigenvalue weighted by atomic mass is 10.1. The van der Waals surface area contributed by atoms with E-state index in [0.29, 0.717) is 12.2 Å². The lowest BCUT2D eigenvalue weighted by molar-refractivity contribution is 0.0398. The molecule has 0 spiro atoms. The number of morpholine rings is 1. The number of anilines is 1. The van der Waals surface area contributed by atoms with Crippen LogP contribution in [0.1, 0.15) is 17.2 Å². The van der Waals surface area contributed by atoms with Crippen molar-refractivity contribution >= 4 is 28.1 Å². The molecule has 1 fully saturated rings. The zero-order valence-electron chi connectivity index (χ0n) is 12.5. The van der Waals surface area contributed by atoms with Crippen LogP contribution in [0.5, 0.6) is 0 Å². The van der Waals surface area contributed by atoms with E-state index in [4.69, 9.17) is 9.72 Å². The fraction of sp³-hybridized carbons (Fsp3) is 0.222. The van der Waals surface area contributed by atoms with Crippen molar-refractivity contribution in [3.63, 3.8) is 0 Å². The molecular weight excluding hydrogens is 306 g/mol. The highest BCUT2D eigenvalue weighted by Gasteiger charge is 2.25. The predicted octanol–water partition coefficient (Wildman–Crippen LogP) is 3.75. The molecule has 1 aliphatic rings. The van der Waals surface area contributed by atoms with Crippen molar-refractivity contribution in [2.45, 2.75) is 6.10 Å². The molecule has 0 saturated carbocycles. The molecule has 1 aliphatic heterocycles. The molecule has 0 radical (unpaired) electrons. The van der Waals surface area contributed by atoms with Crippen molar-refractivity contribution in [3.8, 4) is 6.07 Å². The maximum atomic E-state index is 9.51. The SMILES string of the molecule is N#Cc1cc2ccccc2nc1N1CCO[C@@H](c2ccsc2)C1. The number of thiophene rings is 1. The van der Waals surface area contributed by atoms with Gasteiger partial charge in [0.2, 0.25) is 0 Å². The van der Waals surface area contributed by atoms with Crippen molar-refractivity contribution in [2.75, 3.05) is 24.6 Å². The van der Waals surface area contributed by atoms with Crippen molar-refractivity contribution in [1.82, 2.24) is 4.98 Å². The first kappa shape index (κ1) is 14.2. The molecule has 0 N–H and O–H groups in total. The highest BCUT2D eigenvalue weighted by Crippen LogP contribution is 2.29. The van der Waals surface area contributed by atoms with Crippen LogP contribution in [0.25, 0.3) is 10.9 Å². The average molecular weight is 321 g/mol. The molecule has 4 nitrogen and oxygen atoms in total. The summed E-state index contributed by atoms with van der Waals surface area (Å²) < 4.78 is 5.89. The molecule has 0 aliphatic carbocycles. The third kappa shape index (κ3) is 2.67. The van der Waals surface area contributed by atoms with E-state index in [-0.39, 0.29) is 6.10 Å². The number of nitrogens with zero attached hydrogens (tertiary/aromatic N) is 3.